The zero-order valence-corrected chi connectivity index (χ0v) is 15.2. The van der Waals surface area contributed by atoms with Gasteiger partial charge >= 0.3 is 0 Å². The van der Waals surface area contributed by atoms with Crippen molar-refractivity contribution in [1.29, 1.82) is 0 Å². The Morgan fingerprint density at radius 3 is 2.52 bits per heavy atom. The molecule has 8 nitrogen and oxygen atoms in total. The van der Waals surface area contributed by atoms with E-state index in [-0.39, 0.29) is 35.3 Å². The highest BCUT2D eigenvalue weighted by molar-refractivity contribution is 7.89. The highest BCUT2D eigenvalue weighted by Crippen LogP contribution is 2.28. The molecule has 0 atom stereocenters. The van der Waals surface area contributed by atoms with E-state index in [2.05, 4.69) is 20.3 Å². The highest BCUT2D eigenvalue weighted by atomic mass is 32.2. The summed E-state index contributed by atoms with van der Waals surface area (Å²) in [5, 5.41) is 10.3. The van der Waals surface area contributed by atoms with E-state index >= 15 is 0 Å². The molecule has 1 amide bonds. The van der Waals surface area contributed by atoms with Gasteiger partial charge in [-0.2, -0.15) is 4.31 Å². The smallest absolute Gasteiger partial charge is 0.245 e. The molecule has 0 saturated carbocycles. The van der Waals surface area contributed by atoms with E-state index in [0.29, 0.717) is 18.4 Å². The van der Waals surface area contributed by atoms with Gasteiger partial charge in [-0.3, -0.25) is 4.79 Å². The lowest BCUT2D eigenvalue weighted by Crippen LogP contribution is -2.41. The Kier molecular flexibility index (Phi) is 4.63. The lowest BCUT2D eigenvalue weighted by molar-refractivity contribution is -0.120. The number of sulfonamides is 1. The Labute approximate surface area is 156 Å². The number of rotatable bonds is 4. The van der Waals surface area contributed by atoms with Gasteiger partial charge in [-0.15, -0.1) is 0 Å². The Morgan fingerprint density at radius 1 is 1.04 bits per heavy atom. The molecule has 2 heterocycles. The van der Waals surface area contributed by atoms with Gasteiger partial charge in [0, 0.05) is 24.7 Å². The molecule has 1 aliphatic heterocycles. The third-order valence-electron chi connectivity index (χ3n) is 4.73. The second-order valence-corrected chi connectivity index (χ2v) is 8.33. The van der Waals surface area contributed by atoms with Gasteiger partial charge in [0.05, 0.1) is 0 Å². The van der Waals surface area contributed by atoms with Crippen molar-refractivity contribution >= 4 is 32.7 Å². The minimum atomic E-state index is -3.73. The van der Waals surface area contributed by atoms with Crippen LogP contribution in [0.4, 0.5) is 5.69 Å². The molecule has 0 bridgehead atoms. The maximum Gasteiger partial charge on any atom is 0.245 e. The Hall–Kier alpha value is -2.78. The summed E-state index contributed by atoms with van der Waals surface area (Å²) >= 11 is 0. The summed E-state index contributed by atoms with van der Waals surface area (Å²) in [6.07, 6.45) is 0.926. The Morgan fingerprint density at radius 2 is 1.78 bits per heavy atom. The molecule has 1 aliphatic rings. The zero-order valence-electron chi connectivity index (χ0n) is 14.4. The molecule has 1 N–H and O–H groups in total. The third-order valence-corrected chi connectivity index (χ3v) is 6.66. The number of piperidine rings is 1. The lowest BCUT2D eigenvalue weighted by Gasteiger charge is -2.30. The monoisotopic (exact) mass is 386 g/mol. The molecule has 2 aromatic carbocycles. The summed E-state index contributed by atoms with van der Waals surface area (Å²) in [6, 6.07) is 14.0. The van der Waals surface area contributed by atoms with Gasteiger partial charge in [-0.05, 0) is 47.4 Å². The summed E-state index contributed by atoms with van der Waals surface area (Å²) in [5.74, 6) is -0.304. The Balaban J connectivity index is 1.46. The molecule has 140 valence electrons. The van der Waals surface area contributed by atoms with E-state index in [9.17, 15) is 13.2 Å². The quantitative estimate of drug-likeness (QED) is 0.737. The van der Waals surface area contributed by atoms with Crippen LogP contribution in [0.3, 0.4) is 0 Å². The van der Waals surface area contributed by atoms with Gasteiger partial charge in [0.15, 0.2) is 5.52 Å². The van der Waals surface area contributed by atoms with Gasteiger partial charge in [0.2, 0.25) is 15.9 Å². The zero-order chi connectivity index (χ0) is 18.9. The lowest BCUT2D eigenvalue weighted by atomic mass is 9.97. The molecule has 1 saturated heterocycles. The number of nitrogens with zero attached hydrogens (tertiary/aromatic N) is 3. The number of hydrogen-bond donors (Lipinski definition) is 1. The first-order valence-corrected chi connectivity index (χ1v) is 10.1. The molecule has 0 radical (unpaired) electrons. The number of para-hydroxylation sites is 1. The normalized spacial score (nSPS) is 16.4. The number of benzene rings is 2. The SMILES string of the molecule is O=C(Nc1ccccc1)C1CCN(S(=O)(=O)c2cccc3nonc23)CC1. The summed E-state index contributed by atoms with van der Waals surface area (Å²) in [4.78, 5) is 12.5. The molecule has 4 rings (SSSR count). The van der Waals surface area contributed by atoms with Crippen LogP contribution in [0.25, 0.3) is 11.0 Å². The van der Waals surface area contributed by atoms with Crippen molar-refractivity contribution < 1.29 is 17.8 Å². The molecule has 3 aromatic rings. The summed E-state index contributed by atoms with van der Waals surface area (Å²) in [6.45, 7) is 0.549. The van der Waals surface area contributed by atoms with E-state index in [1.807, 2.05) is 30.3 Å². The number of nitrogens with one attached hydrogen (secondary N) is 1. The predicted octanol–water partition coefficient (Wildman–Crippen LogP) is 2.26. The molecule has 0 unspecified atom stereocenters. The number of aromatic nitrogens is 2. The largest absolute Gasteiger partial charge is 0.326 e. The van der Waals surface area contributed by atoms with Crippen molar-refractivity contribution in [3.05, 3.63) is 48.5 Å². The summed E-state index contributed by atoms with van der Waals surface area (Å²) < 4.78 is 32.0. The fourth-order valence-electron chi connectivity index (χ4n) is 3.25. The number of carbonyl (C=O) groups is 1. The van der Waals surface area contributed by atoms with Crippen molar-refractivity contribution in [3.63, 3.8) is 0 Å². The molecule has 0 aliphatic carbocycles. The fraction of sp³-hybridized carbons (Fsp3) is 0.278. The van der Waals surface area contributed by atoms with Crippen molar-refractivity contribution in [1.82, 2.24) is 14.6 Å². The van der Waals surface area contributed by atoms with Crippen LogP contribution in [0.5, 0.6) is 0 Å². The highest BCUT2D eigenvalue weighted by Gasteiger charge is 2.33. The number of carbonyl (C=O) groups excluding carboxylic acids is 1. The molecular weight excluding hydrogens is 368 g/mol. The van der Waals surface area contributed by atoms with E-state index in [4.69, 9.17) is 0 Å². The van der Waals surface area contributed by atoms with Crippen molar-refractivity contribution in [2.45, 2.75) is 17.7 Å². The minimum Gasteiger partial charge on any atom is -0.326 e. The minimum absolute atomic E-state index is 0.0773. The van der Waals surface area contributed by atoms with Crippen LogP contribution in [0.1, 0.15) is 12.8 Å². The average molecular weight is 386 g/mol. The second kappa shape index (κ2) is 7.09. The van der Waals surface area contributed by atoms with Crippen LogP contribution in [0, 0.1) is 5.92 Å². The maximum absolute atomic E-state index is 13.0. The fourth-order valence-corrected chi connectivity index (χ4v) is 4.86. The average Bonchev–Trinajstić information content (AvgIpc) is 3.17. The van der Waals surface area contributed by atoms with Crippen molar-refractivity contribution in [2.24, 2.45) is 5.92 Å². The van der Waals surface area contributed by atoms with Crippen LogP contribution in [-0.2, 0) is 14.8 Å². The topological polar surface area (TPSA) is 105 Å². The standard InChI is InChI=1S/C18H18N4O4S/c23-18(19-14-5-2-1-3-6-14)13-9-11-22(12-10-13)27(24,25)16-8-4-7-15-17(16)21-26-20-15/h1-8,13H,9-12H2,(H,19,23). The van der Waals surface area contributed by atoms with Gasteiger partial charge in [-0.25, -0.2) is 13.0 Å². The molecule has 0 spiro atoms. The van der Waals surface area contributed by atoms with Crippen LogP contribution in [0.15, 0.2) is 58.1 Å². The number of hydrogen-bond acceptors (Lipinski definition) is 6. The number of fused-ring (bicyclic) bond motifs is 1. The van der Waals surface area contributed by atoms with Gasteiger partial charge in [0.1, 0.15) is 10.4 Å². The van der Waals surface area contributed by atoms with Gasteiger partial charge in [0.25, 0.3) is 0 Å². The Bertz CT molecular complexity index is 1060. The van der Waals surface area contributed by atoms with Crippen LogP contribution in [-0.4, -0.2) is 42.0 Å². The molecule has 1 aromatic heterocycles. The van der Waals surface area contributed by atoms with Crippen molar-refractivity contribution in [2.75, 3.05) is 18.4 Å². The first-order chi connectivity index (χ1) is 13.1. The third kappa shape index (κ3) is 3.43. The summed E-state index contributed by atoms with van der Waals surface area (Å²) in [5.41, 5.74) is 1.36. The molecule has 1 fully saturated rings. The first kappa shape index (κ1) is 17.6. The maximum atomic E-state index is 13.0. The second-order valence-electron chi connectivity index (χ2n) is 6.42. The van der Waals surface area contributed by atoms with Gasteiger partial charge < -0.3 is 5.32 Å². The first-order valence-electron chi connectivity index (χ1n) is 8.63. The van der Waals surface area contributed by atoms with E-state index < -0.39 is 10.0 Å². The van der Waals surface area contributed by atoms with Crippen LogP contribution in [0.2, 0.25) is 0 Å². The molecule has 9 heteroatoms. The molecular formula is C18H18N4O4S. The van der Waals surface area contributed by atoms with E-state index in [1.165, 1.54) is 10.4 Å². The molecule has 27 heavy (non-hydrogen) atoms. The summed E-state index contributed by atoms with van der Waals surface area (Å²) in [7, 11) is -3.73. The van der Waals surface area contributed by atoms with Crippen molar-refractivity contribution in [3.8, 4) is 0 Å². The van der Waals surface area contributed by atoms with Gasteiger partial charge in [-0.1, -0.05) is 24.3 Å². The van der Waals surface area contributed by atoms with E-state index in [0.717, 1.165) is 5.69 Å². The number of amides is 1. The van der Waals surface area contributed by atoms with E-state index in [1.54, 1.807) is 12.1 Å². The van der Waals surface area contributed by atoms with Crippen LogP contribution < -0.4 is 5.32 Å². The van der Waals surface area contributed by atoms with Crippen LogP contribution >= 0.6 is 0 Å². The number of anilines is 1. The predicted molar refractivity (Wildman–Crippen MR) is 98.4 cm³/mol.